The minimum atomic E-state index is -0.495. The van der Waals surface area contributed by atoms with E-state index in [0.717, 1.165) is 11.0 Å². The topological polar surface area (TPSA) is 61.8 Å². The summed E-state index contributed by atoms with van der Waals surface area (Å²) in [5.41, 5.74) is 1.01. The third kappa shape index (κ3) is 4.10. The van der Waals surface area contributed by atoms with Gasteiger partial charge in [-0.1, -0.05) is 30.3 Å². The number of nitrogens with zero attached hydrogens (tertiary/aromatic N) is 1. The number of ether oxygens (including phenoxy) is 2. The molecule has 0 bridgehead atoms. The van der Waals surface area contributed by atoms with Gasteiger partial charge in [-0.15, -0.1) is 0 Å². The molecule has 1 aromatic carbocycles. The molecule has 1 aliphatic rings. The number of methoxy groups -OCH3 is 2. The molecule has 2 heterocycles. The van der Waals surface area contributed by atoms with Crippen molar-refractivity contribution in [1.82, 2.24) is 4.98 Å². The van der Waals surface area contributed by atoms with Crippen LogP contribution in [0.1, 0.15) is 39.5 Å². The van der Waals surface area contributed by atoms with Gasteiger partial charge >= 0.3 is 7.12 Å². The van der Waals surface area contributed by atoms with Gasteiger partial charge in [0.1, 0.15) is 5.82 Å². The van der Waals surface area contributed by atoms with Crippen molar-refractivity contribution in [2.24, 2.45) is 0 Å². The van der Waals surface area contributed by atoms with E-state index in [4.69, 9.17) is 18.8 Å². The van der Waals surface area contributed by atoms with Crippen LogP contribution in [0.4, 0.5) is 5.82 Å². The predicted octanol–water partition coefficient (Wildman–Crippen LogP) is 3.15. The monoisotopic (exact) mass is 370 g/mol. The van der Waals surface area contributed by atoms with Gasteiger partial charge in [0.2, 0.25) is 5.88 Å². The summed E-state index contributed by atoms with van der Waals surface area (Å²) in [5, 5.41) is 3.30. The van der Waals surface area contributed by atoms with Crippen molar-refractivity contribution in [1.29, 1.82) is 0 Å². The number of rotatable bonds is 6. The highest BCUT2D eigenvalue weighted by Crippen LogP contribution is 2.36. The van der Waals surface area contributed by atoms with Crippen LogP contribution in [0, 0.1) is 0 Å². The second kappa shape index (κ2) is 7.50. The van der Waals surface area contributed by atoms with Crippen LogP contribution in [-0.2, 0) is 14.0 Å². The molecule has 0 saturated carbocycles. The van der Waals surface area contributed by atoms with Gasteiger partial charge in [0, 0.05) is 18.7 Å². The van der Waals surface area contributed by atoms with Gasteiger partial charge in [0.25, 0.3) is 0 Å². The van der Waals surface area contributed by atoms with E-state index in [9.17, 15) is 0 Å². The quantitative estimate of drug-likeness (QED) is 0.623. The largest absolute Gasteiger partial charge is 0.495 e. The van der Waals surface area contributed by atoms with E-state index in [0.29, 0.717) is 11.7 Å². The van der Waals surface area contributed by atoms with Gasteiger partial charge in [-0.3, -0.25) is 0 Å². The molecular formula is C20H27BN2O4. The van der Waals surface area contributed by atoms with E-state index < -0.39 is 18.3 Å². The smallest absolute Gasteiger partial charge is 0.481 e. The Morgan fingerprint density at radius 3 is 2.19 bits per heavy atom. The first-order valence-corrected chi connectivity index (χ1v) is 9.01. The molecule has 144 valence electrons. The highest BCUT2D eigenvalue weighted by Gasteiger charge is 2.51. The molecule has 0 aliphatic carbocycles. The van der Waals surface area contributed by atoms with E-state index in [-0.39, 0.29) is 6.23 Å². The lowest BCUT2D eigenvalue weighted by molar-refractivity contribution is 0.00578. The van der Waals surface area contributed by atoms with Crippen molar-refractivity contribution in [3.63, 3.8) is 0 Å². The van der Waals surface area contributed by atoms with Crippen molar-refractivity contribution in [3.05, 3.63) is 48.0 Å². The molecule has 1 unspecified atom stereocenters. The average molecular weight is 370 g/mol. The summed E-state index contributed by atoms with van der Waals surface area (Å²) in [6, 6.07) is 13.6. The van der Waals surface area contributed by atoms with E-state index in [2.05, 4.69) is 10.3 Å². The molecule has 1 saturated heterocycles. The third-order valence-corrected chi connectivity index (χ3v) is 5.18. The van der Waals surface area contributed by atoms with E-state index in [1.807, 2.05) is 70.2 Å². The van der Waals surface area contributed by atoms with Gasteiger partial charge in [-0.2, -0.15) is 4.98 Å². The van der Waals surface area contributed by atoms with E-state index in [1.165, 1.54) is 0 Å². The molecule has 1 aromatic heterocycles. The van der Waals surface area contributed by atoms with Crippen molar-refractivity contribution in [3.8, 4) is 5.88 Å². The molecule has 1 N–H and O–H groups in total. The maximum atomic E-state index is 6.16. The summed E-state index contributed by atoms with van der Waals surface area (Å²) in [6.07, 6.45) is -0.336. The molecule has 3 rings (SSSR count). The van der Waals surface area contributed by atoms with Gasteiger partial charge < -0.3 is 24.1 Å². The van der Waals surface area contributed by atoms with Crippen molar-refractivity contribution in [2.75, 3.05) is 19.5 Å². The highest BCUT2D eigenvalue weighted by molar-refractivity contribution is 6.62. The fraction of sp³-hybridized carbons (Fsp3) is 0.450. The van der Waals surface area contributed by atoms with Crippen molar-refractivity contribution < 1.29 is 18.8 Å². The van der Waals surface area contributed by atoms with Crippen molar-refractivity contribution in [2.45, 2.75) is 45.1 Å². The number of aromatic nitrogens is 1. The summed E-state index contributed by atoms with van der Waals surface area (Å²) in [6.45, 7) is 8.11. The van der Waals surface area contributed by atoms with Gasteiger partial charge in [-0.05, 0) is 39.2 Å². The summed E-state index contributed by atoms with van der Waals surface area (Å²) < 4.78 is 23.3. The molecule has 1 aliphatic heterocycles. The first kappa shape index (κ1) is 19.7. The summed E-state index contributed by atoms with van der Waals surface area (Å²) >= 11 is 0. The lowest BCUT2D eigenvalue weighted by Crippen LogP contribution is -2.41. The molecule has 7 heteroatoms. The van der Waals surface area contributed by atoms with E-state index >= 15 is 0 Å². The van der Waals surface area contributed by atoms with Gasteiger partial charge in [0.15, 0.2) is 6.23 Å². The first-order valence-electron chi connectivity index (χ1n) is 9.01. The highest BCUT2D eigenvalue weighted by atomic mass is 16.7. The minimum absolute atomic E-state index is 0.336. The Balaban J connectivity index is 1.88. The SMILES string of the molecule is COc1cc(B2OC(C)(C)C(C)(C)O2)cc(NC(OC)c2ccccc2)n1. The minimum Gasteiger partial charge on any atom is -0.481 e. The fourth-order valence-corrected chi connectivity index (χ4v) is 2.86. The van der Waals surface area contributed by atoms with Gasteiger partial charge in [0.05, 0.1) is 18.3 Å². The Hall–Kier alpha value is -2.09. The Morgan fingerprint density at radius 1 is 1.00 bits per heavy atom. The third-order valence-electron chi connectivity index (χ3n) is 5.18. The van der Waals surface area contributed by atoms with Gasteiger partial charge in [-0.25, -0.2) is 0 Å². The number of hydrogen-bond acceptors (Lipinski definition) is 6. The fourth-order valence-electron chi connectivity index (χ4n) is 2.86. The van der Waals surface area contributed by atoms with Crippen LogP contribution in [0.15, 0.2) is 42.5 Å². The summed E-state index contributed by atoms with van der Waals surface area (Å²) in [7, 11) is 2.75. The Bertz CT molecular complexity index is 767. The summed E-state index contributed by atoms with van der Waals surface area (Å²) in [5.74, 6) is 1.10. The number of nitrogens with one attached hydrogen (secondary N) is 1. The molecule has 1 atom stereocenters. The van der Waals surface area contributed by atoms with Crippen LogP contribution in [0.2, 0.25) is 0 Å². The lowest BCUT2D eigenvalue weighted by Gasteiger charge is -2.32. The molecule has 0 spiro atoms. The number of pyridine rings is 1. The molecule has 0 amide bonds. The van der Waals surface area contributed by atoms with Crippen LogP contribution in [0.3, 0.4) is 0 Å². The molecule has 0 radical (unpaired) electrons. The Labute approximate surface area is 161 Å². The van der Waals surface area contributed by atoms with Crippen LogP contribution < -0.4 is 15.5 Å². The molecule has 1 fully saturated rings. The van der Waals surface area contributed by atoms with Crippen molar-refractivity contribution >= 4 is 18.4 Å². The van der Waals surface area contributed by atoms with Crippen LogP contribution in [0.25, 0.3) is 0 Å². The molecule has 2 aromatic rings. The maximum absolute atomic E-state index is 6.16. The number of hydrogen-bond donors (Lipinski definition) is 1. The molecule has 27 heavy (non-hydrogen) atoms. The Morgan fingerprint density at radius 2 is 1.63 bits per heavy atom. The standard InChI is InChI=1S/C20H27BN2O4/c1-19(2)20(3,4)27-21(26-19)15-12-16(22-17(13-15)24-5)23-18(25-6)14-10-8-7-9-11-14/h7-13,18H,1-6H3,(H,22,23). The first-order chi connectivity index (χ1) is 12.8. The normalized spacial score (nSPS) is 19.0. The summed E-state index contributed by atoms with van der Waals surface area (Å²) in [4.78, 5) is 4.48. The lowest BCUT2D eigenvalue weighted by atomic mass is 9.79. The zero-order valence-corrected chi connectivity index (χ0v) is 16.8. The predicted molar refractivity (Wildman–Crippen MR) is 106 cm³/mol. The van der Waals surface area contributed by atoms with E-state index in [1.54, 1.807) is 14.2 Å². The Kier molecular flexibility index (Phi) is 5.47. The van der Waals surface area contributed by atoms with Crippen LogP contribution >= 0.6 is 0 Å². The second-order valence-corrected chi connectivity index (χ2v) is 7.59. The zero-order valence-electron chi connectivity index (χ0n) is 16.8. The second-order valence-electron chi connectivity index (χ2n) is 7.59. The number of anilines is 1. The zero-order chi connectivity index (χ0) is 19.7. The molecular weight excluding hydrogens is 343 g/mol. The number of benzene rings is 1. The average Bonchev–Trinajstić information content (AvgIpc) is 2.87. The molecule has 6 nitrogen and oxygen atoms in total. The van der Waals surface area contributed by atoms with Crippen LogP contribution in [0.5, 0.6) is 5.88 Å². The maximum Gasteiger partial charge on any atom is 0.495 e. The van der Waals surface area contributed by atoms with Crippen LogP contribution in [-0.4, -0.2) is 37.5 Å².